The molecule has 0 spiro atoms. The Kier molecular flexibility index (Phi) is 8.08. The molecule has 3 heteroatoms. The topological polar surface area (TPSA) is 35.5 Å². The Morgan fingerprint density at radius 1 is 1.25 bits per heavy atom. The SMILES string of the molecule is CCN(CCCCC(C)(CO)NC(C)C)C1CCCC1. The van der Waals surface area contributed by atoms with Crippen molar-refractivity contribution in [3.63, 3.8) is 0 Å². The van der Waals surface area contributed by atoms with Crippen LogP contribution >= 0.6 is 0 Å². The molecule has 0 aromatic heterocycles. The lowest BCUT2D eigenvalue weighted by Crippen LogP contribution is -2.49. The summed E-state index contributed by atoms with van der Waals surface area (Å²) in [6, 6.07) is 1.27. The van der Waals surface area contributed by atoms with E-state index in [0.29, 0.717) is 6.04 Å². The van der Waals surface area contributed by atoms with Gasteiger partial charge in [-0.15, -0.1) is 0 Å². The standard InChI is InChI=1S/C17H36N2O/c1-5-19(16-10-6-7-11-16)13-9-8-12-17(4,14-20)18-15(2)3/h15-16,18,20H,5-14H2,1-4H3. The van der Waals surface area contributed by atoms with Crippen LogP contribution in [0.4, 0.5) is 0 Å². The highest BCUT2D eigenvalue weighted by atomic mass is 16.3. The Hall–Kier alpha value is -0.120. The number of hydrogen-bond donors (Lipinski definition) is 2. The minimum Gasteiger partial charge on any atom is -0.394 e. The summed E-state index contributed by atoms with van der Waals surface area (Å²) in [6.07, 6.45) is 9.14. The van der Waals surface area contributed by atoms with Crippen LogP contribution in [0.25, 0.3) is 0 Å². The van der Waals surface area contributed by atoms with Crippen LogP contribution < -0.4 is 5.32 Å². The van der Waals surface area contributed by atoms with E-state index < -0.39 is 0 Å². The predicted molar refractivity (Wildman–Crippen MR) is 87.1 cm³/mol. The molecular weight excluding hydrogens is 248 g/mol. The molecule has 2 N–H and O–H groups in total. The number of aliphatic hydroxyl groups excluding tert-OH is 1. The normalized spacial score (nSPS) is 19.9. The molecule has 1 rings (SSSR count). The number of nitrogens with one attached hydrogen (secondary N) is 1. The Balaban J connectivity index is 2.24. The molecule has 3 nitrogen and oxygen atoms in total. The lowest BCUT2D eigenvalue weighted by molar-refractivity contribution is 0.149. The summed E-state index contributed by atoms with van der Waals surface area (Å²) in [6.45, 7) is 11.4. The summed E-state index contributed by atoms with van der Waals surface area (Å²) in [4.78, 5) is 2.67. The maximum Gasteiger partial charge on any atom is 0.0610 e. The summed E-state index contributed by atoms with van der Waals surface area (Å²) < 4.78 is 0. The number of nitrogens with zero attached hydrogens (tertiary/aromatic N) is 1. The van der Waals surface area contributed by atoms with Crippen molar-refractivity contribution in [1.29, 1.82) is 0 Å². The van der Waals surface area contributed by atoms with Gasteiger partial charge in [0, 0.05) is 17.6 Å². The van der Waals surface area contributed by atoms with Gasteiger partial charge in [-0.05, 0) is 45.7 Å². The second-order valence-corrected chi connectivity index (χ2v) is 7.04. The number of hydrogen-bond acceptors (Lipinski definition) is 3. The minimum absolute atomic E-state index is 0.113. The summed E-state index contributed by atoms with van der Waals surface area (Å²) in [5.41, 5.74) is -0.113. The van der Waals surface area contributed by atoms with Gasteiger partial charge in [0.15, 0.2) is 0 Å². The van der Waals surface area contributed by atoms with Crippen molar-refractivity contribution in [3.8, 4) is 0 Å². The average Bonchev–Trinajstić information content (AvgIpc) is 2.92. The van der Waals surface area contributed by atoms with Gasteiger partial charge in [0.25, 0.3) is 0 Å². The maximum absolute atomic E-state index is 9.59. The first-order valence-electron chi connectivity index (χ1n) is 8.63. The van der Waals surface area contributed by atoms with Gasteiger partial charge >= 0.3 is 0 Å². The van der Waals surface area contributed by atoms with Crippen LogP contribution in [-0.4, -0.2) is 47.3 Å². The Labute approximate surface area is 126 Å². The molecule has 0 heterocycles. The third-order valence-electron chi connectivity index (χ3n) is 4.66. The molecule has 0 aromatic carbocycles. The molecule has 1 fully saturated rings. The molecule has 0 aliphatic heterocycles. The molecule has 0 aromatic rings. The molecule has 1 aliphatic carbocycles. The monoisotopic (exact) mass is 284 g/mol. The molecule has 0 amide bonds. The Bertz CT molecular complexity index is 251. The van der Waals surface area contributed by atoms with Gasteiger partial charge in [-0.25, -0.2) is 0 Å². The van der Waals surface area contributed by atoms with Gasteiger partial charge in [0.2, 0.25) is 0 Å². The first kappa shape index (κ1) is 17.9. The third kappa shape index (κ3) is 6.11. The zero-order valence-corrected chi connectivity index (χ0v) is 14.1. The predicted octanol–water partition coefficient (Wildman–Crippen LogP) is 3.17. The van der Waals surface area contributed by atoms with E-state index in [2.05, 4.69) is 37.9 Å². The van der Waals surface area contributed by atoms with E-state index in [9.17, 15) is 5.11 Å². The largest absolute Gasteiger partial charge is 0.394 e. The van der Waals surface area contributed by atoms with Gasteiger partial charge in [-0.1, -0.05) is 40.0 Å². The van der Waals surface area contributed by atoms with E-state index in [4.69, 9.17) is 0 Å². The van der Waals surface area contributed by atoms with Crippen molar-refractivity contribution in [3.05, 3.63) is 0 Å². The second-order valence-electron chi connectivity index (χ2n) is 7.04. The van der Waals surface area contributed by atoms with Crippen molar-refractivity contribution >= 4 is 0 Å². The van der Waals surface area contributed by atoms with Gasteiger partial charge in [0.05, 0.1) is 6.61 Å². The van der Waals surface area contributed by atoms with Crippen LogP contribution in [-0.2, 0) is 0 Å². The number of unbranched alkanes of at least 4 members (excludes halogenated alkanes) is 1. The van der Waals surface area contributed by atoms with E-state index in [1.54, 1.807) is 0 Å². The first-order valence-corrected chi connectivity index (χ1v) is 8.63. The lowest BCUT2D eigenvalue weighted by Gasteiger charge is -2.32. The summed E-state index contributed by atoms with van der Waals surface area (Å²) >= 11 is 0. The smallest absolute Gasteiger partial charge is 0.0610 e. The number of rotatable bonds is 10. The van der Waals surface area contributed by atoms with Crippen LogP contribution in [0.15, 0.2) is 0 Å². The molecule has 0 bridgehead atoms. The van der Waals surface area contributed by atoms with Crippen molar-refractivity contribution in [2.45, 2.75) is 90.3 Å². The van der Waals surface area contributed by atoms with Gasteiger partial charge < -0.3 is 15.3 Å². The highest BCUT2D eigenvalue weighted by Gasteiger charge is 2.24. The van der Waals surface area contributed by atoms with E-state index in [0.717, 1.165) is 12.5 Å². The lowest BCUT2D eigenvalue weighted by atomic mass is 9.94. The summed E-state index contributed by atoms with van der Waals surface area (Å²) in [5.74, 6) is 0. The molecule has 0 radical (unpaired) electrons. The first-order chi connectivity index (χ1) is 9.50. The van der Waals surface area contributed by atoms with Gasteiger partial charge in [0.1, 0.15) is 0 Å². The van der Waals surface area contributed by atoms with Crippen molar-refractivity contribution in [2.24, 2.45) is 0 Å². The molecule has 1 atom stereocenters. The third-order valence-corrected chi connectivity index (χ3v) is 4.66. The Morgan fingerprint density at radius 2 is 1.90 bits per heavy atom. The van der Waals surface area contributed by atoms with Crippen molar-refractivity contribution in [1.82, 2.24) is 10.2 Å². The molecule has 0 saturated heterocycles. The zero-order chi connectivity index (χ0) is 15.0. The average molecular weight is 284 g/mol. The highest BCUT2D eigenvalue weighted by molar-refractivity contribution is 4.84. The molecule has 1 unspecified atom stereocenters. The fourth-order valence-corrected chi connectivity index (χ4v) is 3.59. The molecular formula is C17H36N2O. The van der Waals surface area contributed by atoms with Gasteiger partial charge in [-0.3, -0.25) is 0 Å². The van der Waals surface area contributed by atoms with Crippen LogP contribution in [0.5, 0.6) is 0 Å². The molecule has 120 valence electrons. The molecule has 20 heavy (non-hydrogen) atoms. The Morgan fingerprint density at radius 3 is 2.40 bits per heavy atom. The van der Waals surface area contributed by atoms with E-state index in [1.807, 2.05) is 0 Å². The quantitative estimate of drug-likeness (QED) is 0.605. The van der Waals surface area contributed by atoms with Crippen LogP contribution in [0, 0.1) is 0 Å². The van der Waals surface area contributed by atoms with E-state index in [-0.39, 0.29) is 12.1 Å². The molecule has 1 aliphatic rings. The van der Waals surface area contributed by atoms with Gasteiger partial charge in [-0.2, -0.15) is 0 Å². The number of aliphatic hydroxyl groups is 1. The van der Waals surface area contributed by atoms with E-state index in [1.165, 1.54) is 51.6 Å². The van der Waals surface area contributed by atoms with Crippen molar-refractivity contribution < 1.29 is 5.11 Å². The van der Waals surface area contributed by atoms with Crippen LogP contribution in [0.3, 0.4) is 0 Å². The summed E-state index contributed by atoms with van der Waals surface area (Å²) in [7, 11) is 0. The maximum atomic E-state index is 9.59. The summed E-state index contributed by atoms with van der Waals surface area (Å²) in [5, 5.41) is 13.1. The highest BCUT2D eigenvalue weighted by Crippen LogP contribution is 2.24. The fraction of sp³-hybridized carbons (Fsp3) is 1.00. The van der Waals surface area contributed by atoms with Crippen molar-refractivity contribution in [2.75, 3.05) is 19.7 Å². The minimum atomic E-state index is -0.113. The molecule has 1 saturated carbocycles. The second kappa shape index (κ2) is 9.01. The van der Waals surface area contributed by atoms with E-state index >= 15 is 0 Å². The van der Waals surface area contributed by atoms with Crippen LogP contribution in [0.2, 0.25) is 0 Å². The zero-order valence-electron chi connectivity index (χ0n) is 14.1. The fourth-order valence-electron chi connectivity index (χ4n) is 3.59. The van der Waals surface area contributed by atoms with Crippen LogP contribution in [0.1, 0.15) is 72.6 Å².